The van der Waals surface area contributed by atoms with Gasteiger partial charge in [0.15, 0.2) is 6.29 Å². The van der Waals surface area contributed by atoms with Crippen LogP contribution in [0.25, 0.3) is 5.78 Å². The van der Waals surface area contributed by atoms with Gasteiger partial charge in [-0.1, -0.05) is 19.3 Å². The van der Waals surface area contributed by atoms with Crippen LogP contribution in [0.4, 0.5) is 0 Å². The summed E-state index contributed by atoms with van der Waals surface area (Å²) in [5.74, 6) is 1.20. The van der Waals surface area contributed by atoms with E-state index in [0.29, 0.717) is 17.4 Å². The second-order valence-electron chi connectivity index (χ2n) is 4.69. The lowest BCUT2D eigenvalue weighted by Gasteiger charge is -2.21. The molecule has 2 aromatic heterocycles. The summed E-state index contributed by atoms with van der Waals surface area (Å²) < 4.78 is 1.79. The maximum absolute atomic E-state index is 10.9. The summed E-state index contributed by atoms with van der Waals surface area (Å²) in [5.41, 5.74) is 1.81. The van der Waals surface area contributed by atoms with Crippen molar-refractivity contribution in [1.82, 2.24) is 14.4 Å². The monoisotopic (exact) mass is 229 g/mol. The molecule has 0 atom stereocenters. The van der Waals surface area contributed by atoms with Crippen LogP contribution in [-0.2, 0) is 0 Å². The minimum atomic E-state index is 0.574. The first-order valence-corrected chi connectivity index (χ1v) is 6.16. The van der Waals surface area contributed by atoms with Crippen molar-refractivity contribution >= 4 is 12.1 Å². The predicted molar refractivity (Wildman–Crippen MR) is 64.2 cm³/mol. The number of carbonyl (C=O) groups is 1. The molecular formula is C13H15N3O. The molecule has 0 spiro atoms. The zero-order chi connectivity index (χ0) is 11.7. The summed E-state index contributed by atoms with van der Waals surface area (Å²) in [6, 6.07) is 0. The van der Waals surface area contributed by atoms with E-state index >= 15 is 0 Å². The van der Waals surface area contributed by atoms with Crippen LogP contribution in [0.15, 0.2) is 18.6 Å². The third-order valence-corrected chi connectivity index (χ3v) is 3.61. The van der Waals surface area contributed by atoms with Crippen LogP contribution in [0.2, 0.25) is 0 Å². The van der Waals surface area contributed by atoms with Crippen LogP contribution in [0.3, 0.4) is 0 Å². The molecule has 0 aliphatic heterocycles. The van der Waals surface area contributed by atoms with Gasteiger partial charge in [0.2, 0.25) is 5.78 Å². The zero-order valence-corrected chi connectivity index (χ0v) is 9.67. The summed E-state index contributed by atoms with van der Waals surface area (Å²) in [4.78, 5) is 19.3. The molecule has 0 N–H and O–H groups in total. The first-order chi connectivity index (χ1) is 8.38. The molecule has 0 radical (unpaired) electrons. The number of rotatable bonds is 2. The highest BCUT2D eigenvalue weighted by Crippen LogP contribution is 2.32. The molecule has 2 heterocycles. The van der Waals surface area contributed by atoms with E-state index in [0.717, 1.165) is 6.29 Å². The molecule has 0 saturated heterocycles. The number of aromatic nitrogens is 3. The molecule has 0 aromatic carbocycles. The Labute approximate surface area is 99.7 Å². The molecule has 0 unspecified atom stereocenters. The summed E-state index contributed by atoms with van der Waals surface area (Å²) in [6.07, 6.45) is 12.7. The molecule has 3 rings (SSSR count). The molecule has 4 nitrogen and oxygen atoms in total. The summed E-state index contributed by atoms with van der Waals surface area (Å²) in [5, 5.41) is 0. The number of nitrogens with zero attached hydrogens (tertiary/aromatic N) is 3. The van der Waals surface area contributed by atoms with E-state index < -0.39 is 0 Å². The van der Waals surface area contributed by atoms with Gasteiger partial charge in [0, 0.05) is 12.4 Å². The predicted octanol–water partition coefficient (Wildman–Crippen LogP) is 2.59. The van der Waals surface area contributed by atoms with Gasteiger partial charge in [-0.3, -0.25) is 9.20 Å². The van der Waals surface area contributed by atoms with Crippen LogP contribution in [0.5, 0.6) is 0 Å². The van der Waals surface area contributed by atoms with Gasteiger partial charge in [-0.25, -0.2) is 9.97 Å². The lowest BCUT2D eigenvalue weighted by atomic mass is 9.85. The molecule has 1 fully saturated rings. The first kappa shape index (κ1) is 10.4. The van der Waals surface area contributed by atoms with Gasteiger partial charge < -0.3 is 0 Å². The maximum Gasteiger partial charge on any atom is 0.234 e. The second-order valence-corrected chi connectivity index (χ2v) is 4.69. The minimum Gasteiger partial charge on any atom is -0.296 e. The lowest BCUT2D eigenvalue weighted by molar-refractivity contribution is 0.111. The van der Waals surface area contributed by atoms with Gasteiger partial charge in [0.1, 0.15) is 5.69 Å². The van der Waals surface area contributed by atoms with Crippen molar-refractivity contribution in [3.05, 3.63) is 29.8 Å². The normalized spacial score (nSPS) is 17.4. The van der Waals surface area contributed by atoms with Crippen molar-refractivity contribution in [2.24, 2.45) is 0 Å². The Kier molecular flexibility index (Phi) is 2.63. The minimum absolute atomic E-state index is 0.574. The Hall–Kier alpha value is -1.71. The third kappa shape index (κ3) is 1.84. The highest BCUT2D eigenvalue weighted by molar-refractivity contribution is 5.73. The maximum atomic E-state index is 10.9. The quantitative estimate of drug-likeness (QED) is 0.743. The molecule has 1 aliphatic rings. The fraction of sp³-hybridized carbons (Fsp3) is 0.462. The van der Waals surface area contributed by atoms with Gasteiger partial charge in [-0.2, -0.15) is 0 Å². The van der Waals surface area contributed by atoms with E-state index in [1.165, 1.54) is 37.7 Å². The van der Waals surface area contributed by atoms with Crippen molar-refractivity contribution in [3.8, 4) is 0 Å². The van der Waals surface area contributed by atoms with Crippen molar-refractivity contribution in [1.29, 1.82) is 0 Å². The van der Waals surface area contributed by atoms with Gasteiger partial charge in [0.05, 0.1) is 6.20 Å². The molecular weight excluding hydrogens is 214 g/mol. The molecule has 4 heteroatoms. The van der Waals surface area contributed by atoms with Gasteiger partial charge in [-0.15, -0.1) is 0 Å². The number of imidazole rings is 1. The van der Waals surface area contributed by atoms with Crippen LogP contribution in [0.1, 0.15) is 54.1 Å². The van der Waals surface area contributed by atoms with E-state index in [-0.39, 0.29) is 0 Å². The summed E-state index contributed by atoms with van der Waals surface area (Å²) in [7, 11) is 0. The van der Waals surface area contributed by atoms with Crippen LogP contribution in [-0.4, -0.2) is 20.7 Å². The number of aldehydes is 1. The van der Waals surface area contributed by atoms with E-state index in [9.17, 15) is 4.79 Å². The van der Waals surface area contributed by atoms with E-state index in [2.05, 4.69) is 9.97 Å². The topological polar surface area (TPSA) is 47.3 Å². The number of fused-ring (bicyclic) bond motifs is 1. The Morgan fingerprint density at radius 2 is 1.94 bits per heavy atom. The van der Waals surface area contributed by atoms with Crippen molar-refractivity contribution in [3.63, 3.8) is 0 Å². The fourth-order valence-electron chi connectivity index (χ4n) is 2.64. The fourth-order valence-corrected chi connectivity index (χ4v) is 2.64. The number of hydrogen-bond acceptors (Lipinski definition) is 3. The van der Waals surface area contributed by atoms with Crippen molar-refractivity contribution < 1.29 is 4.79 Å². The van der Waals surface area contributed by atoms with E-state index in [4.69, 9.17) is 0 Å². The van der Waals surface area contributed by atoms with E-state index in [1.807, 2.05) is 12.4 Å². The molecule has 0 amide bonds. The van der Waals surface area contributed by atoms with Crippen molar-refractivity contribution in [2.45, 2.75) is 38.0 Å². The van der Waals surface area contributed by atoms with Crippen LogP contribution >= 0.6 is 0 Å². The van der Waals surface area contributed by atoms with Gasteiger partial charge in [-0.05, 0) is 24.3 Å². The van der Waals surface area contributed by atoms with Crippen LogP contribution in [0, 0.1) is 0 Å². The average Bonchev–Trinajstić information content (AvgIpc) is 2.81. The number of hydrogen-bond donors (Lipinski definition) is 0. The summed E-state index contributed by atoms with van der Waals surface area (Å²) in [6.45, 7) is 0. The molecule has 88 valence electrons. The SMILES string of the molecule is O=Cc1cnc2ncc(C3CCCCC3)cn12. The Morgan fingerprint density at radius 1 is 1.18 bits per heavy atom. The highest BCUT2D eigenvalue weighted by Gasteiger charge is 2.16. The van der Waals surface area contributed by atoms with Crippen LogP contribution < -0.4 is 0 Å². The molecule has 1 aliphatic carbocycles. The summed E-state index contributed by atoms with van der Waals surface area (Å²) >= 11 is 0. The average molecular weight is 229 g/mol. The second kappa shape index (κ2) is 4.28. The standard InChI is InChI=1S/C13H15N3O/c17-9-12-7-15-13-14-6-11(8-16(12)13)10-4-2-1-3-5-10/h6-10H,1-5H2. The Bertz CT molecular complexity index is 541. The van der Waals surface area contributed by atoms with E-state index in [1.54, 1.807) is 10.6 Å². The van der Waals surface area contributed by atoms with Crippen molar-refractivity contribution in [2.75, 3.05) is 0 Å². The first-order valence-electron chi connectivity index (χ1n) is 6.16. The third-order valence-electron chi connectivity index (χ3n) is 3.61. The van der Waals surface area contributed by atoms with Gasteiger partial charge in [0.25, 0.3) is 0 Å². The molecule has 1 saturated carbocycles. The largest absolute Gasteiger partial charge is 0.296 e. The molecule has 2 aromatic rings. The Morgan fingerprint density at radius 3 is 2.71 bits per heavy atom. The Balaban J connectivity index is 2.01. The lowest BCUT2D eigenvalue weighted by Crippen LogP contribution is -2.07. The zero-order valence-electron chi connectivity index (χ0n) is 9.67. The molecule has 0 bridgehead atoms. The molecule has 17 heavy (non-hydrogen) atoms. The highest BCUT2D eigenvalue weighted by atomic mass is 16.1. The van der Waals surface area contributed by atoms with Gasteiger partial charge >= 0.3 is 0 Å². The number of carbonyl (C=O) groups excluding carboxylic acids is 1. The smallest absolute Gasteiger partial charge is 0.234 e.